The van der Waals surface area contributed by atoms with E-state index in [1.165, 1.54) is 25.1 Å². The molecule has 1 saturated heterocycles. The number of carbonyl (C=O) groups is 4. The van der Waals surface area contributed by atoms with Crippen molar-refractivity contribution in [1.29, 1.82) is 0 Å². The molecule has 2 aromatic rings. The van der Waals surface area contributed by atoms with Gasteiger partial charge in [0.25, 0.3) is 5.69 Å². The highest BCUT2D eigenvalue weighted by atomic mass is 19.4. The number of nitro groups is 1. The number of ketones is 2. The highest BCUT2D eigenvalue weighted by molar-refractivity contribution is 6.25. The van der Waals surface area contributed by atoms with Crippen molar-refractivity contribution in [2.24, 2.45) is 17.8 Å². The summed E-state index contributed by atoms with van der Waals surface area (Å²) >= 11 is 0. The Labute approximate surface area is 240 Å². The molecule has 2 aromatic carbocycles. The van der Waals surface area contributed by atoms with Crippen molar-refractivity contribution in [3.63, 3.8) is 0 Å². The number of allylic oxidation sites excluding steroid dienone is 6. The standard InChI is InChI=1S/C30H21F3N2O8/c1-13-9-23(37)26-21(27(13)38)12-19-17(24(26)20-11-16(5-8-22(20)36)43-30(31,32)33)6-7-18-25(19)29(40)34(28(18)39)14-3-2-4-15(10-14)35(41)42/h2-6,8-11,18-19,24-25,36H,7,12H2,1H3/t18-,19+,24+,25-/m0/s1. The monoisotopic (exact) mass is 594 g/mol. The maximum Gasteiger partial charge on any atom is 0.573 e. The van der Waals surface area contributed by atoms with Gasteiger partial charge in [-0.1, -0.05) is 17.7 Å². The summed E-state index contributed by atoms with van der Waals surface area (Å²) in [4.78, 5) is 65.7. The van der Waals surface area contributed by atoms with E-state index in [0.717, 1.165) is 35.2 Å². The number of benzene rings is 2. The molecule has 3 aliphatic carbocycles. The minimum absolute atomic E-state index is 0.00441. The molecule has 0 unspecified atom stereocenters. The van der Waals surface area contributed by atoms with Gasteiger partial charge in [-0.25, -0.2) is 4.90 Å². The van der Waals surface area contributed by atoms with Gasteiger partial charge < -0.3 is 9.84 Å². The lowest BCUT2D eigenvalue weighted by molar-refractivity contribution is -0.384. The van der Waals surface area contributed by atoms with Crippen molar-refractivity contribution in [2.45, 2.75) is 32.0 Å². The molecule has 1 fully saturated rings. The van der Waals surface area contributed by atoms with Crippen molar-refractivity contribution in [1.82, 2.24) is 0 Å². The molecular weight excluding hydrogens is 573 g/mol. The van der Waals surface area contributed by atoms with Gasteiger partial charge >= 0.3 is 6.36 Å². The van der Waals surface area contributed by atoms with Gasteiger partial charge in [-0.15, -0.1) is 13.2 Å². The second kappa shape index (κ2) is 9.75. The largest absolute Gasteiger partial charge is 0.573 e. The van der Waals surface area contributed by atoms with Gasteiger partial charge in [-0.05, 0) is 56.0 Å². The van der Waals surface area contributed by atoms with Crippen LogP contribution in [0.3, 0.4) is 0 Å². The Morgan fingerprint density at radius 2 is 1.79 bits per heavy atom. The number of imide groups is 1. The Balaban J connectivity index is 1.48. The second-order valence-corrected chi connectivity index (χ2v) is 10.8. The zero-order valence-electron chi connectivity index (χ0n) is 22.3. The minimum Gasteiger partial charge on any atom is -0.508 e. The molecule has 1 N–H and O–H groups in total. The predicted molar refractivity (Wildman–Crippen MR) is 142 cm³/mol. The Bertz CT molecular complexity index is 1760. The molecule has 1 aliphatic heterocycles. The third-order valence-corrected chi connectivity index (χ3v) is 8.40. The van der Waals surface area contributed by atoms with E-state index in [4.69, 9.17) is 0 Å². The van der Waals surface area contributed by atoms with Crippen LogP contribution in [0.4, 0.5) is 24.5 Å². The number of fused-ring (bicyclic) bond motifs is 3. The van der Waals surface area contributed by atoms with Gasteiger partial charge in [0.1, 0.15) is 11.5 Å². The molecule has 0 saturated carbocycles. The molecule has 0 bridgehead atoms. The van der Waals surface area contributed by atoms with Crippen LogP contribution >= 0.6 is 0 Å². The van der Waals surface area contributed by atoms with Crippen LogP contribution < -0.4 is 9.64 Å². The van der Waals surface area contributed by atoms with E-state index in [-0.39, 0.29) is 46.5 Å². The Morgan fingerprint density at radius 3 is 2.49 bits per heavy atom. The fourth-order valence-electron chi connectivity index (χ4n) is 6.70. The summed E-state index contributed by atoms with van der Waals surface area (Å²) < 4.78 is 43.2. The highest BCUT2D eigenvalue weighted by Crippen LogP contribution is 2.56. The molecule has 2 amide bonds. The summed E-state index contributed by atoms with van der Waals surface area (Å²) in [6, 6.07) is 7.87. The number of alkyl halides is 3. The van der Waals surface area contributed by atoms with E-state index in [9.17, 15) is 47.6 Å². The number of ether oxygens (including phenoxy) is 1. The average molecular weight is 594 g/mol. The van der Waals surface area contributed by atoms with Crippen LogP contribution in [0.15, 0.2) is 76.9 Å². The number of rotatable bonds is 4. The first kappa shape index (κ1) is 28.1. The molecule has 220 valence electrons. The number of Topliss-reactive ketones (excluding diaryl/α,β-unsaturated/α-hetero) is 1. The first-order chi connectivity index (χ1) is 20.3. The van der Waals surface area contributed by atoms with Gasteiger partial charge in [-0.2, -0.15) is 0 Å². The highest BCUT2D eigenvalue weighted by Gasteiger charge is 2.57. The zero-order chi connectivity index (χ0) is 31.0. The number of non-ortho nitro benzene ring substituents is 1. The normalized spacial score (nSPS) is 25.2. The second-order valence-electron chi connectivity index (χ2n) is 10.8. The number of hydrogen-bond donors (Lipinski definition) is 1. The maximum atomic E-state index is 13.9. The number of aromatic hydroxyl groups is 1. The van der Waals surface area contributed by atoms with Gasteiger partial charge in [0, 0.05) is 40.3 Å². The molecule has 0 radical (unpaired) electrons. The zero-order valence-corrected chi connectivity index (χ0v) is 22.3. The number of nitro benzene ring substituents is 1. The number of phenols is 1. The lowest BCUT2D eigenvalue weighted by atomic mass is 9.59. The molecule has 13 heteroatoms. The molecular formula is C30H21F3N2O8. The van der Waals surface area contributed by atoms with Crippen LogP contribution in [-0.4, -0.2) is 39.8 Å². The van der Waals surface area contributed by atoms with Crippen molar-refractivity contribution < 1.29 is 47.1 Å². The van der Waals surface area contributed by atoms with Crippen LogP contribution in [0.1, 0.15) is 31.2 Å². The fourth-order valence-corrected chi connectivity index (χ4v) is 6.70. The summed E-state index contributed by atoms with van der Waals surface area (Å²) in [6.45, 7) is 1.44. The van der Waals surface area contributed by atoms with Crippen LogP contribution in [0.2, 0.25) is 0 Å². The first-order valence-electron chi connectivity index (χ1n) is 13.2. The van der Waals surface area contributed by atoms with Crippen molar-refractivity contribution in [3.8, 4) is 11.5 Å². The number of carbonyl (C=O) groups excluding carboxylic acids is 4. The smallest absolute Gasteiger partial charge is 0.508 e. The number of nitrogens with zero attached hydrogens (tertiary/aromatic N) is 2. The summed E-state index contributed by atoms with van der Waals surface area (Å²) in [5, 5.41) is 22.2. The van der Waals surface area contributed by atoms with E-state index in [2.05, 4.69) is 4.74 Å². The van der Waals surface area contributed by atoms with Gasteiger partial charge in [-0.3, -0.25) is 29.3 Å². The number of amides is 2. The van der Waals surface area contributed by atoms with E-state index in [1.807, 2.05) is 0 Å². The molecule has 0 aromatic heterocycles. The van der Waals surface area contributed by atoms with Crippen molar-refractivity contribution in [3.05, 3.63) is 92.6 Å². The van der Waals surface area contributed by atoms with Gasteiger partial charge in [0.2, 0.25) is 11.8 Å². The Hall–Kier alpha value is -5.07. The van der Waals surface area contributed by atoms with Crippen LogP contribution in [-0.2, 0) is 19.2 Å². The fraction of sp³-hybridized carbons (Fsp3) is 0.267. The number of anilines is 1. The third kappa shape index (κ3) is 4.51. The van der Waals surface area contributed by atoms with Gasteiger partial charge in [0.05, 0.1) is 22.4 Å². The number of phenolic OH excluding ortho intramolecular Hbond substituents is 1. The maximum absolute atomic E-state index is 13.9. The lowest BCUT2D eigenvalue weighted by Crippen LogP contribution is -2.39. The molecule has 0 spiro atoms. The van der Waals surface area contributed by atoms with Crippen molar-refractivity contribution in [2.75, 3.05) is 4.90 Å². The van der Waals surface area contributed by atoms with Crippen LogP contribution in [0, 0.1) is 27.9 Å². The van der Waals surface area contributed by atoms with Crippen LogP contribution in [0.25, 0.3) is 0 Å². The minimum atomic E-state index is -5.05. The molecule has 43 heavy (non-hydrogen) atoms. The molecule has 6 rings (SSSR count). The quantitative estimate of drug-likeness (QED) is 0.174. The Morgan fingerprint density at radius 1 is 1.05 bits per heavy atom. The summed E-state index contributed by atoms with van der Waals surface area (Å²) in [6.07, 6.45) is -2.38. The van der Waals surface area contributed by atoms with Crippen LogP contribution in [0.5, 0.6) is 11.5 Å². The topological polar surface area (TPSA) is 144 Å². The molecule has 4 aliphatic rings. The summed E-state index contributed by atoms with van der Waals surface area (Å²) in [7, 11) is 0. The SMILES string of the molecule is CC1=CC(=O)C2=C(C[C@@H]3C(=CC[C@@H]4C(=O)N(c5cccc([N+](=O)[O-])c5)C(=O)[C@@H]43)[C@@H]2c2cc(OC(F)(F)F)ccc2O)C1=O. The van der Waals surface area contributed by atoms with Gasteiger partial charge in [0.15, 0.2) is 11.6 Å². The van der Waals surface area contributed by atoms with E-state index < -0.39 is 69.8 Å². The molecule has 4 atom stereocenters. The first-order valence-corrected chi connectivity index (χ1v) is 13.2. The van der Waals surface area contributed by atoms with E-state index in [1.54, 1.807) is 6.08 Å². The molecule has 10 nitrogen and oxygen atoms in total. The lowest BCUT2D eigenvalue weighted by Gasteiger charge is -2.42. The summed E-state index contributed by atoms with van der Waals surface area (Å²) in [5.74, 6) is -7.39. The summed E-state index contributed by atoms with van der Waals surface area (Å²) in [5.41, 5.74) is 0.0965. The number of hydrogen-bond acceptors (Lipinski definition) is 8. The average Bonchev–Trinajstić information content (AvgIpc) is 3.20. The van der Waals surface area contributed by atoms with Crippen molar-refractivity contribution >= 4 is 34.8 Å². The van der Waals surface area contributed by atoms with E-state index >= 15 is 0 Å². The Kier molecular flexibility index (Phi) is 6.36. The molecule has 1 heterocycles. The third-order valence-electron chi connectivity index (χ3n) is 8.40. The van der Waals surface area contributed by atoms with E-state index in [0.29, 0.717) is 5.57 Å². The number of halogens is 3. The predicted octanol–water partition coefficient (Wildman–Crippen LogP) is 4.83.